The third kappa shape index (κ3) is 4.89. The van der Waals surface area contributed by atoms with Crippen molar-refractivity contribution < 1.29 is 10.2 Å². The number of aliphatic hydroxyl groups is 2. The highest BCUT2D eigenvalue weighted by Crippen LogP contribution is 2.21. The van der Waals surface area contributed by atoms with E-state index in [1.165, 1.54) is 0 Å². The number of rotatable bonds is 7. The lowest BCUT2D eigenvalue weighted by atomic mass is 9.93. The van der Waals surface area contributed by atoms with Crippen molar-refractivity contribution in [2.24, 2.45) is 0 Å². The number of hydrogen-bond acceptors (Lipinski definition) is 4. The smallest absolute Gasteiger partial charge is 0.0682 e. The maximum Gasteiger partial charge on any atom is 0.0682 e. The Bertz CT molecular complexity index is 593. The Hall–Kier alpha value is -1.69. The summed E-state index contributed by atoms with van der Waals surface area (Å²) in [4.78, 5) is 2.03. The van der Waals surface area contributed by atoms with Crippen molar-refractivity contribution >= 4 is 0 Å². The van der Waals surface area contributed by atoms with Crippen molar-refractivity contribution in [3.8, 4) is 5.69 Å². The quantitative estimate of drug-likeness (QED) is 0.819. The number of benzene rings is 1. The molecule has 0 aliphatic heterocycles. The highest BCUT2D eigenvalue weighted by atomic mass is 16.3. The first-order valence-corrected chi connectivity index (χ1v) is 8.03. The molecule has 1 aromatic carbocycles. The molecule has 1 aromatic heterocycles. The van der Waals surface area contributed by atoms with E-state index >= 15 is 0 Å². The van der Waals surface area contributed by atoms with Gasteiger partial charge < -0.3 is 10.2 Å². The Kier molecular flexibility index (Phi) is 5.93. The van der Waals surface area contributed by atoms with Gasteiger partial charge in [-0.15, -0.1) is 0 Å². The average Bonchev–Trinajstić information content (AvgIpc) is 2.98. The van der Waals surface area contributed by atoms with Gasteiger partial charge in [0.05, 0.1) is 24.6 Å². The van der Waals surface area contributed by atoms with E-state index in [1.54, 1.807) is 0 Å². The summed E-state index contributed by atoms with van der Waals surface area (Å²) in [6.07, 6.45) is 1.99. The van der Waals surface area contributed by atoms with Gasteiger partial charge in [-0.1, -0.05) is 32.9 Å². The van der Waals surface area contributed by atoms with Gasteiger partial charge >= 0.3 is 0 Å². The number of hydrogen-bond donors (Lipinski definition) is 2. The van der Waals surface area contributed by atoms with Crippen LogP contribution in [0.4, 0.5) is 0 Å². The highest BCUT2D eigenvalue weighted by molar-refractivity contribution is 5.34. The molecule has 0 atom stereocenters. The minimum absolute atomic E-state index is 0.0419. The zero-order valence-electron chi connectivity index (χ0n) is 14.2. The predicted molar refractivity (Wildman–Crippen MR) is 91.7 cm³/mol. The summed E-state index contributed by atoms with van der Waals surface area (Å²) in [5, 5.41) is 22.8. The van der Waals surface area contributed by atoms with Gasteiger partial charge in [0.2, 0.25) is 0 Å². The van der Waals surface area contributed by atoms with E-state index in [1.807, 2.05) is 27.9 Å². The molecule has 0 unspecified atom stereocenters. The first-order valence-electron chi connectivity index (χ1n) is 8.03. The molecular formula is C18H27N3O2. The third-order valence-electron chi connectivity index (χ3n) is 3.80. The first kappa shape index (κ1) is 17.7. The normalized spacial score (nSPS) is 12.1. The van der Waals surface area contributed by atoms with Gasteiger partial charge in [-0.05, 0) is 23.8 Å². The van der Waals surface area contributed by atoms with Gasteiger partial charge in [0.1, 0.15) is 0 Å². The van der Waals surface area contributed by atoms with E-state index in [2.05, 4.69) is 44.1 Å². The molecule has 0 bridgehead atoms. The number of aliphatic hydroxyl groups excluding tert-OH is 2. The van der Waals surface area contributed by atoms with E-state index in [0.29, 0.717) is 19.6 Å². The van der Waals surface area contributed by atoms with E-state index < -0.39 is 0 Å². The third-order valence-corrected chi connectivity index (χ3v) is 3.80. The molecule has 2 rings (SSSR count). The summed E-state index contributed by atoms with van der Waals surface area (Å²) in [5.74, 6) is 0. The molecule has 0 saturated carbocycles. The number of aromatic nitrogens is 2. The molecule has 2 aromatic rings. The fourth-order valence-corrected chi connectivity index (χ4v) is 2.43. The second-order valence-electron chi connectivity index (χ2n) is 6.79. The second kappa shape index (κ2) is 7.73. The molecule has 0 saturated heterocycles. The SMILES string of the molecule is CC(C)(C)c1ccn(-c2ccc(CN(CCO)CCO)cc2)n1. The fraction of sp³-hybridized carbons (Fsp3) is 0.500. The summed E-state index contributed by atoms with van der Waals surface area (Å²) >= 11 is 0. The average molecular weight is 317 g/mol. The molecule has 0 amide bonds. The topological polar surface area (TPSA) is 61.5 Å². The molecule has 0 aliphatic rings. The van der Waals surface area contributed by atoms with Crippen molar-refractivity contribution in [2.75, 3.05) is 26.3 Å². The molecule has 5 heteroatoms. The summed E-state index contributed by atoms with van der Waals surface area (Å²) in [6, 6.07) is 10.3. The van der Waals surface area contributed by atoms with Crippen LogP contribution < -0.4 is 0 Å². The van der Waals surface area contributed by atoms with Gasteiger partial charge in [0, 0.05) is 31.2 Å². The van der Waals surface area contributed by atoms with E-state index in [9.17, 15) is 0 Å². The van der Waals surface area contributed by atoms with E-state index in [-0.39, 0.29) is 18.6 Å². The monoisotopic (exact) mass is 317 g/mol. The molecule has 5 nitrogen and oxygen atoms in total. The van der Waals surface area contributed by atoms with Gasteiger partial charge in [0.25, 0.3) is 0 Å². The Balaban J connectivity index is 2.08. The Morgan fingerprint density at radius 2 is 1.61 bits per heavy atom. The van der Waals surface area contributed by atoms with Gasteiger partial charge in [-0.2, -0.15) is 5.10 Å². The lowest BCUT2D eigenvalue weighted by molar-refractivity contribution is 0.156. The van der Waals surface area contributed by atoms with Gasteiger partial charge in [0.15, 0.2) is 0 Å². The van der Waals surface area contributed by atoms with Crippen LogP contribution in [0.15, 0.2) is 36.5 Å². The molecule has 0 radical (unpaired) electrons. The van der Waals surface area contributed by atoms with E-state index in [4.69, 9.17) is 10.2 Å². The van der Waals surface area contributed by atoms with Crippen molar-refractivity contribution in [3.63, 3.8) is 0 Å². The Labute approximate surface area is 138 Å². The van der Waals surface area contributed by atoms with Crippen LogP contribution >= 0.6 is 0 Å². The standard InChI is InChI=1S/C18H27N3O2/c1-18(2,3)17-8-9-21(19-17)16-6-4-15(5-7-16)14-20(10-12-22)11-13-23/h4-9,22-23H,10-14H2,1-3H3. The molecule has 126 valence electrons. The van der Waals surface area contributed by atoms with Crippen LogP contribution in [0.1, 0.15) is 32.0 Å². The Morgan fingerprint density at radius 3 is 2.09 bits per heavy atom. The molecule has 23 heavy (non-hydrogen) atoms. The first-order chi connectivity index (χ1) is 10.9. The second-order valence-corrected chi connectivity index (χ2v) is 6.79. The largest absolute Gasteiger partial charge is 0.395 e. The van der Waals surface area contributed by atoms with Crippen molar-refractivity contribution in [1.29, 1.82) is 0 Å². The van der Waals surface area contributed by atoms with Gasteiger partial charge in [-0.25, -0.2) is 4.68 Å². The zero-order valence-corrected chi connectivity index (χ0v) is 14.2. The van der Waals surface area contributed by atoms with Crippen LogP contribution in [-0.4, -0.2) is 51.2 Å². The molecule has 0 spiro atoms. The molecule has 1 heterocycles. The minimum atomic E-state index is 0.0419. The molecule has 2 N–H and O–H groups in total. The lowest BCUT2D eigenvalue weighted by Crippen LogP contribution is -2.29. The maximum absolute atomic E-state index is 9.07. The maximum atomic E-state index is 9.07. The van der Waals surface area contributed by atoms with Crippen molar-refractivity contribution in [1.82, 2.24) is 14.7 Å². The molecule has 0 aliphatic carbocycles. The summed E-state index contributed by atoms with van der Waals surface area (Å²) in [5.41, 5.74) is 3.29. The van der Waals surface area contributed by atoms with E-state index in [0.717, 1.165) is 16.9 Å². The van der Waals surface area contributed by atoms with Crippen LogP contribution in [0.3, 0.4) is 0 Å². The van der Waals surface area contributed by atoms with Crippen LogP contribution in [0.2, 0.25) is 0 Å². The predicted octanol–water partition coefficient (Wildman–Crippen LogP) is 1.96. The van der Waals surface area contributed by atoms with Crippen LogP contribution in [-0.2, 0) is 12.0 Å². The van der Waals surface area contributed by atoms with Crippen LogP contribution in [0.5, 0.6) is 0 Å². The zero-order chi connectivity index (χ0) is 16.9. The lowest BCUT2D eigenvalue weighted by Gasteiger charge is -2.20. The van der Waals surface area contributed by atoms with Gasteiger partial charge in [-0.3, -0.25) is 4.90 Å². The van der Waals surface area contributed by atoms with Crippen molar-refractivity contribution in [3.05, 3.63) is 47.8 Å². The number of nitrogens with zero attached hydrogens (tertiary/aromatic N) is 3. The molecule has 0 fully saturated rings. The highest BCUT2D eigenvalue weighted by Gasteiger charge is 2.17. The minimum Gasteiger partial charge on any atom is -0.395 e. The van der Waals surface area contributed by atoms with Crippen molar-refractivity contribution in [2.45, 2.75) is 32.7 Å². The summed E-state index contributed by atoms with van der Waals surface area (Å²) in [6.45, 7) is 8.50. The Morgan fingerprint density at radius 1 is 1.00 bits per heavy atom. The fourth-order valence-electron chi connectivity index (χ4n) is 2.43. The molecular weight excluding hydrogens is 290 g/mol. The van der Waals surface area contributed by atoms with Crippen LogP contribution in [0, 0.1) is 0 Å². The van der Waals surface area contributed by atoms with Crippen LogP contribution in [0.25, 0.3) is 5.69 Å². The summed E-state index contributed by atoms with van der Waals surface area (Å²) < 4.78 is 1.89. The summed E-state index contributed by atoms with van der Waals surface area (Å²) in [7, 11) is 0.